The monoisotopic (exact) mass is 329 g/mol. The number of nitrogens with zero attached hydrogens (tertiary/aromatic N) is 1. The highest BCUT2D eigenvalue weighted by molar-refractivity contribution is 5.47. The molecule has 1 aliphatic rings. The fourth-order valence-corrected chi connectivity index (χ4v) is 3.15. The Bertz CT molecular complexity index is 707. The summed E-state index contributed by atoms with van der Waals surface area (Å²) >= 11 is 0. The minimum atomic E-state index is 0.210. The van der Waals surface area contributed by atoms with Gasteiger partial charge in [-0.25, -0.2) is 0 Å². The van der Waals surface area contributed by atoms with Crippen LogP contribution in [0.25, 0.3) is 0 Å². The predicted octanol–water partition coefficient (Wildman–Crippen LogP) is 2.98. The van der Waals surface area contributed by atoms with Crippen molar-refractivity contribution in [1.82, 2.24) is 4.90 Å². The van der Waals surface area contributed by atoms with E-state index in [1.54, 1.807) is 21.3 Å². The molecule has 2 aromatic carbocycles. The van der Waals surface area contributed by atoms with Gasteiger partial charge in [0, 0.05) is 25.7 Å². The molecule has 0 aromatic heterocycles. The summed E-state index contributed by atoms with van der Waals surface area (Å²) in [7, 11) is 4.90. The van der Waals surface area contributed by atoms with Gasteiger partial charge in [0.25, 0.3) is 0 Å². The Morgan fingerprint density at radius 1 is 0.917 bits per heavy atom. The number of methoxy groups -OCH3 is 3. The quantitative estimate of drug-likeness (QED) is 0.914. The second kappa shape index (κ2) is 7.01. The zero-order chi connectivity index (χ0) is 17.1. The second-order valence-electron chi connectivity index (χ2n) is 5.97. The maximum absolute atomic E-state index is 9.92. The van der Waals surface area contributed by atoms with Gasteiger partial charge in [-0.3, -0.25) is 4.90 Å². The molecule has 5 nitrogen and oxygen atoms in total. The van der Waals surface area contributed by atoms with Crippen molar-refractivity contribution in [1.29, 1.82) is 0 Å². The van der Waals surface area contributed by atoms with Gasteiger partial charge in [-0.2, -0.15) is 0 Å². The SMILES string of the molecule is COc1cc(CN2CCc3cc(O)c(OC)cc3C2)cc(OC)c1. The van der Waals surface area contributed by atoms with E-state index in [9.17, 15) is 5.11 Å². The molecule has 3 rings (SSSR count). The molecule has 24 heavy (non-hydrogen) atoms. The minimum Gasteiger partial charge on any atom is -0.504 e. The number of aromatic hydroxyl groups is 1. The molecule has 1 aliphatic heterocycles. The number of fused-ring (bicyclic) bond motifs is 1. The third kappa shape index (κ3) is 3.41. The van der Waals surface area contributed by atoms with E-state index in [0.717, 1.165) is 43.1 Å². The maximum atomic E-state index is 9.92. The standard InChI is InChI=1S/C19H23NO4/c1-22-16-6-13(7-17(10-16)23-2)11-20-5-4-14-8-18(21)19(24-3)9-15(14)12-20/h6-10,21H,4-5,11-12H2,1-3H3. The molecule has 0 saturated carbocycles. The van der Waals surface area contributed by atoms with Crippen molar-refractivity contribution in [2.24, 2.45) is 0 Å². The Morgan fingerprint density at radius 3 is 2.25 bits per heavy atom. The lowest BCUT2D eigenvalue weighted by molar-refractivity contribution is 0.243. The number of phenols is 1. The van der Waals surface area contributed by atoms with Gasteiger partial charge in [0.15, 0.2) is 11.5 Å². The number of hydrogen-bond donors (Lipinski definition) is 1. The van der Waals surface area contributed by atoms with Crippen molar-refractivity contribution in [3.63, 3.8) is 0 Å². The molecule has 1 N–H and O–H groups in total. The molecule has 0 radical (unpaired) electrons. The number of benzene rings is 2. The normalized spacial score (nSPS) is 14.1. The zero-order valence-electron chi connectivity index (χ0n) is 14.3. The van der Waals surface area contributed by atoms with Crippen LogP contribution in [0.5, 0.6) is 23.0 Å². The third-order valence-electron chi connectivity index (χ3n) is 4.41. The van der Waals surface area contributed by atoms with E-state index in [0.29, 0.717) is 5.75 Å². The molecule has 128 valence electrons. The number of hydrogen-bond acceptors (Lipinski definition) is 5. The lowest BCUT2D eigenvalue weighted by atomic mass is 9.98. The minimum absolute atomic E-state index is 0.210. The maximum Gasteiger partial charge on any atom is 0.160 e. The van der Waals surface area contributed by atoms with Crippen LogP contribution in [0.3, 0.4) is 0 Å². The summed E-state index contributed by atoms with van der Waals surface area (Å²) in [5, 5.41) is 9.92. The smallest absolute Gasteiger partial charge is 0.160 e. The molecule has 5 heteroatoms. The Hall–Kier alpha value is -2.40. The topological polar surface area (TPSA) is 51.2 Å². The Morgan fingerprint density at radius 2 is 1.62 bits per heavy atom. The molecule has 0 bridgehead atoms. The summed E-state index contributed by atoms with van der Waals surface area (Å²) in [5.41, 5.74) is 3.54. The lowest BCUT2D eigenvalue weighted by Crippen LogP contribution is -2.30. The lowest BCUT2D eigenvalue weighted by Gasteiger charge is -2.29. The van der Waals surface area contributed by atoms with Gasteiger partial charge in [-0.1, -0.05) is 0 Å². The zero-order valence-corrected chi connectivity index (χ0v) is 14.3. The second-order valence-corrected chi connectivity index (χ2v) is 5.97. The molecule has 0 fully saturated rings. The van der Waals surface area contributed by atoms with Gasteiger partial charge in [0.2, 0.25) is 0 Å². The largest absolute Gasteiger partial charge is 0.504 e. The van der Waals surface area contributed by atoms with Gasteiger partial charge < -0.3 is 19.3 Å². The third-order valence-corrected chi connectivity index (χ3v) is 4.41. The first kappa shape index (κ1) is 16.5. The highest BCUT2D eigenvalue weighted by Gasteiger charge is 2.19. The number of phenolic OH excluding ortho intramolecular Hbond substituents is 1. The van der Waals surface area contributed by atoms with Gasteiger partial charge in [0.1, 0.15) is 11.5 Å². The fraction of sp³-hybridized carbons (Fsp3) is 0.368. The van der Waals surface area contributed by atoms with Crippen LogP contribution in [0.4, 0.5) is 0 Å². The van der Waals surface area contributed by atoms with Crippen LogP contribution in [0, 0.1) is 0 Å². The van der Waals surface area contributed by atoms with E-state index in [4.69, 9.17) is 14.2 Å². The van der Waals surface area contributed by atoms with Crippen LogP contribution in [0.1, 0.15) is 16.7 Å². The van der Waals surface area contributed by atoms with E-state index in [1.807, 2.05) is 30.3 Å². The Kier molecular flexibility index (Phi) is 4.81. The average molecular weight is 329 g/mol. The molecule has 0 aliphatic carbocycles. The summed E-state index contributed by atoms with van der Waals surface area (Å²) in [6.07, 6.45) is 0.911. The van der Waals surface area contributed by atoms with Crippen molar-refractivity contribution in [3.8, 4) is 23.0 Å². The van der Waals surface area contributed by atoms with Crippen molar-refractivity contribution in [2.45, 2.75) is 19.5 Å². The van der Waals surface area contributed by atoms with Crippen LogP contribution < -0.4 is 14.2 Å². The van der Waals surface area contributed by atoms with E-state index in [1.165, 1.54) is 11.1 Å². The van der Waals surface area contributed by atoms with Gasteiger partial charge in [-0.15, -0.1) is 0 Å². The molecule has 0 atom stereocenters. The van der Waals surface area contributed by atoms with Crippen LogP contribution in [-0.4, -0.2) is 37.9 Å². The molecule has 1 heterocycles. The van der Waals surface area contributed by atoms with E-state index in [2.05, 4.69) is 4.90 Å². The van der Waals surface area contributed by atoms with Crippen molar-refractivity contribution in [3.05, 3.63) is 47.0 Å². The van der Waals surface area contributed by atoms with E-state index in [-0.39, 0.29) is 5.75 Å². The summed E-state index contributed by atoms with van der Waals surface area (Å²) < 4.78 is 15.9. The average Bonchev–Trinajstić information content (AvgIpc) is 2.61. The van der Waals surface area contributed by atoms with Gasteiger partial charge in [0.05, 0.1) is 21.3 Å². The first-order valence-electron chi connectivity index (χ1n) is 7.96. The number of ether oxygens (including phenoxy) is 3. The van der Waals surface area contributed by atoms with E-state index < -0.39 is 0 Å². The molecule has 0 unspecified atom stereocenters. The van der Waals surface area contributed by atoms with E-state index >= 15 is 0 Å². The van der Waals surface area contributed by atoms with Crippen molar-refractivity contribution < 1.29 is 19.3 Å². The van der Waals surface area contributed by atoms with Crippen LogP contribution in [0.15, 0.2) is 30.3 Å². The molecular formula is C19H23NO4. The molecular weight excluding hydrogens is 306 g/mol. The molecule has 0 saturated heterocycles. The molecule has 0 amide bonds. The van der Waals surface area contributed by atoms with Crippen LogP contribution >= 0.6 is 0 Å². The fourth-order valence-electron chi connectivity index (χ4n) is 3.15. The van der Waals surface area contributed by atoms with Gasteiger partial charge >= 0.3 is 0 Å². The van der Waals surface area contributed by atoms with Crippen molar-refractivity contribution >= 4 is 0 Å². The highest BCUT2D eigenvalue weighted by Crippen LogP contribution is 2.33. The summed E-state index contributed by atoms with van der Waals surface area (Å²) in [4.78, 5) is 2.37. The molecule has 0 spiro atoms. The van der Waals surface area contributed by atoms with Gasteiger partial charge in [-0.05, 0) is 47.4 Å². The Labute approximate surface area is 142 Å². The first-order valence-corrected chi connectivity index (χ1v) is 7.96. The summed E-state index contributed by atoms with van der Waals surface area (Å²) in [5.74, 6) is 2.34. The van der Waals surface area contributed by atoms with Crippen LogP contribution in [0.2, 0.25) is 0 Å². The summed E-state index contributed by atoms with van der Waals surface area (Å²) in [6, 6.07) is 9.70. The van der Waals surface area contributed by atoms with Crippen molar-refractivity contribution in [2.75, 3.05) is 27.9 Å². The highest BCUT2D eigenvalue weighted by atomic mass is 16.5. The predicted molar refractivity (Wildman–Crippen MR) is 92.0 cm³/mol. The number of rotatable bonds is 5. The van der Waals surface area contributed by atoms with Crippen LogP contribution in [-0.2, 0) is 19.5 Å². The Balaban J connectivity index is 1.78. The first-order chi connectivity index (χ1) is 11.6. The molecule has 2 aromatic rings. The summed E-state index contributed by atoms with van der Waals surface area (Å²) in [6.45, 7) is 2.58.